The van der Waals surface area contributed by atoms with E-state index in [2.05, 4.69) is 31.3 Å². The van der Waals surface area contributed by atoms with Gasteiger partial charge in [-0.1, -0.05) is 231 Å². The second-order valence-corrected chi connectivity index (χ2v) is 17.5. The molecule has 6 nitrogen and oxygen atoms in total. The van der Waals surface area contributed by atoms with Crippen molar-refractivity contribution >= 4 is 11.9 Å². The number of nitrogens with one attached hydrogen (secondary N) is 1. The molecule has 0 aromatic carbocycles. The van der Waals surface area contributed by atoms with E-state index in [0.29, 0.717) is 19.4 Å². The van der Waals surface area contributed by atoms with Crippen molar-refractivity contribution in [2.24, 2.45) is 0 Å². The summed E-state index contributed by atoms with van der Waals surface area (Å²) in [5.41, 5.74) is 0. The summed E-state index contributed by atoms with van der Waals surface area (Å²) < 4.78 is 5.42. The van der Waals surface area contributed by atoms with Crippen LogP contribution in [0.4, 0.5) is 0 Å². The van der Waals surface area contributed by atoms with Crippen molar-refractivity contribution in [1.29, 1.82) is 0 Å². The summed E-state index contributed by atoms with van der Waals surface area (Å²) in [5, 5.41) is 23.0. The van der Waals surface area contributed by atoms with E-state index in [1.165, 1.54) is 173 Å². The Bertz CT molecular complexity index is 904. The minimum absolute atomic E-state index is 0.0382. The fourth-order valence-corrected chi connectivity index (χ4v) is 7.75. The van der Waals surface area contributed by atoms with Crippen LogP contribution in [0.15, 0.2) is 24.3 Å². The zero-order chi connectivity index (χ0) is 42.3. The van der Waals surface area contributed by atoms with Gasteiger partial charge in [-0.15, -0.1) is 0 Å². The maximum Gasteiger partial charge on any atom is 0.305 e. The number of carbonyl (C=O) groups is 2. The fourth-order valence-electron chi connectivity index (χ4n) is 7.75. The topological polar surface area (TPSA) is 95.9 Å². The first kappa shape index (κ1) is 56.3. The third-order valence-electron chi connectivity index (χ3n) is 11.7. The van der Waals surface area contributed by atoms with Gasteiger partial charge in [0.15, 0.2) is 0 Å². The lowest BCUT2D eigenvalue weighted by Crippen LogP contribution is -2.45. The van der Waals surface area contributed by atoms with E-state index in [9.17, 15) is 19.8 Å². The molecule has 0 saturated heterocycles. The lowest BCUT2D eigenvalue weighted by Gasteiger charge is -2.19. The third-order valence-corrected chi connectivity index (χ3v) is 11.7. The average Bonchev–Trinajstić information content (AvgIpc) is 3.22. The first-order valence-corrected chi connectivity index (χ1v) is 25.6. The second-order valence-electron chi connectivity index (χ2n) is 17.5. The Morgan fingerprint density at radius 2 is 0.828 bits per heavy atom. The van der Waals surface area contributed by atoms with E-state index in [-0.39, 0.29) is 18.5 Å². The number of hydrogen-bond acceptors (Lipinski definition) is 5. The maximum atomic E-state index is 12.4. The highest BCUT2D eigenvalue weighted by Gasteiger charge is 2.17. The first-order chi connectivity index (χ1) is 28.5. The molecule has 0 fully saturated rings. The minimum Gasteiger partial charge on any atom is -0.466 e. The molecule has 58 heavy (non-hydrogen) atoms. The molecule has 2 atom stereocenters. The molecule has 0 radical (unpaired) electrons. The van der Waals surface area contributed by atoms with Gasteiger partial charge in [-0.2, -0.15) is 0 Å². The van der Waals surface area contributed by atoms with Crippen molar-refractivity contribution in [1.82, 2.24) is 5.32 Å². The molecular weight excluding hydrogens is 719 g/mol. The lowest BCUT2D eigenvalue weighted by molar-refractivity contribution is -0.143. The Morgan fingerprint density at radius 1 is 0.466 bits per heavy atom. The molecule has 0 aliphatic heterocycles. The van der Waals surface area contributed by atoms with Crippen LogP contribution in [0.3, 0.4) is 0 Å². The van der Waals surface area contributed by atoms with Crippen LogP contribution in [0.2, 0.25) is 0 Å². The van der Waals surface area contributed by atoms with E-state index in [0.717, 1.165) is 70.6 Å². The Morgan fingerprint density at radius 3 is 1.26 bits per heavy atom. The molecule has 0 aliphatic carbocycles. The number of aliphatic hydroxyl groups excluding tert-OH is 2. The van der Waals surface area contributed by atoms with Crippen LogP contribution in [0.25, 0.3) is 0 Å². The highest BCUT2D eigenvalue weighted by Crippen LogP contribution is 2.16. The molecule has 0 aromatic rings. The van der Waals surface area contributed by atoms with Gasteiger partial charge in [-0.3, -0.25) is 9.59 Å². The van der Waals surface area contributed by atoms with Crippen molar-refractivity contribution < 1.29 is 24.5 Å². The minimum atomic E-state index is -0.875. The Balaban J connectivity index is 3.58. The number of unbranched alkanes of at least 4 members (excludes halogenated alkanes) is 34. The van der Waals surface area contributed by atoms with E-state index in [1.807, 2.05) is 6.08 Å². The van der Waals surface area contributed by atoms with Crippen LogP contribution in [-0.4, -0.2) is 47.4 Å². The molecule has 0 aliphatic rings. The molecular formula is C52H99NO5. The van der Waals surface area contributed by atoms with Gasteiger partial charge in [0.25, 0.3) is 0 Å². The summed E-state index contributed by atoms with van der Waals surface area (Å²) in [6.07, 6.45) is 56.2. The van der Waals surface area contributed by atoms with Gasteiger partial charge in [0.05, 0.1) is 25.4 Å². The quantitative estimate of drug-likeness (QED) is 0.0323. The van der Waals surface area contributed by atoms with Gasteiger partial charge in [0.2, 0.25) is 5.91 Å². The van der Waals surface area contributed by atoms with Crippen molar-refractivity contribution in [3.05, 3.63) is 24.3 Å². The number of rotatable bonds is 47. The number of carbonyl (C=O) groups excluding carboxylic acids is 2. The molecule has 0 bridgehead atoms. The average molecular weight is 818 g/mol. The van der Waals surface area contributed by atoms with E-state index in [1.54, 1.807) is 6.08 Å². The molecule has 1 amide bonds. The highest BCUT2D eigenvalue weighted by molar-refractivity contribution is 5.76. The normalized spacial score (nSPS) is 12.8. The molecule has 3 N–H and O–H groups in total. The summed E-state index contributed by atoms with van der Waals surface area (Å²) >= 11 is 0. The van der Waals surface area contributed by atoms with Crippen LogP contribution in [0.5, 0.6) is 0 Å². The summed E-state index contributed by atoms with van der Waals surface area (Å²) in [6.45, 7) is 4.81. The zero-order valence-corrected chi connectivity index (χ0v) is 38.8. The predicted octanol–water partition coefficient (Wildman–Crippen LogP) is 15.1. The Hall–Kier alpha value is -1.66. The van der Waals surface area contributed by atoms with Crippen LogP contribution in [-0.2, 0) is 14.3 Å². The zero-order valence-electron chi connectivity index (χ0n) is 38.8. The van der Waals surface area contributed by atoms with Gasteiger partial charge in [0.1, 0.15) is 0 Å². The summed E-state index contributed by atoms with van der Waals surface area (Å²) in [5.74, 6) is -0.165. The number of hydrogen-bond donors (Lipinski definition) is 3. The molecule has 0 rings (SSSR count). The third kappa shape index (κ3) is 43.9. The summed E-state index contributed by atoms with van der Waals surface area (Å²) in [7, 11) is 0. The maximum absolute atomic E-state index is 12.4. The second kappa shape index (κ2) is 48.0. The molecule has 2 unspecified atom stereocenters. The molecule has 0 aromatic heterocycles. The molecule has 0 spiro atoms. The first-order valence-electron chi connectivity index (χ1n) is 25.6. The van der Waals surface area contributed by atoms with Crippen molar-refractivity contribution in [3.63, 3.8) is 0 Å². The van der Waals surface area contributed by atoms with Crippen molar-refractivity contribution in [3.8, 4) is 0 Å². The van der Waals surface area contributed by atoms with Gasteiger partial charge in [0, 0.05) is 12.8 Å². The van der Waals surface area contributed by atoms with Gasteiger partial charge >= 0.3 is 5.97 Å². The number of aliphatic hydroxyl groups is 2. The van der Waals surface area contributed by atoms with Crippen molar-refractivity contribution in [2.75, 3.05) is 13.2 Å². The van der Waals surface area contributed by atoms with E-state index in [4.69, 9.17) is 4.74 Å². The smallest absolute Gasteiger partial charge is 0.305 e. The van der Waals surface area contributed by atoms with Crippen LogP contribution >= 0.6 is 0 Å². The monoisotopic (exact) mass is 818 g/mol. The van der Waals surface area contributed by atoms with Gasteiger partial charge < -0.3 is 20.3 Å². The molecule has 342 valence electrons. The largest absolute Gasteiger partial charge is 0.466 e. The molecule has 0 saturated carbocycles. The van der Waals surface area contributed by atoms with Gasteiger partial charge in [-0.25, -0.2) is 0 Å². The Labute approximate surface area is 361 Å². The van der Waals surface area contributed by atoms with Crippen molar-refractivity contribution in [2.45, 2.75) is 283 Å². The summed E-state index contributed by atoms with van der Waals surface area (Å²) in [6, 6.07) is -0.665. The Kier molecular flexibility index (Phi) is 46.6. The molecule has 6 heteroatoms. The van der Waals surface area contributed by atoms with E-state index < -0.39 is 12.1 Å². The number of esters is 1. The van der Waals surface area contributed by atoms with Crippen LogP contribution in [0, 0.1) is 0 Å². The number of amides is 1. The van der Waals surface area contributed by atoms with E-state index >= 15 is 0 Å². The SMILES string of the molecule is CCCCCCCCCCCCCCCCCCCCC/C=C/C(O)C(CO)NC(=O)CCC/C=C\CCCCCCOC(=O)CCCCCCCCCCCCC. The predicted molar refractivity (Wildman–Crippen MR) is 250 cm³/mol. The highest BCUT2D eigenvalue weighted by atomic mass is 16.5. The lowest BCUT2D eigenvalue weighted by atomic mass is 10.0. The number of allylic oxidation sites excluding steroid dienone is 3. The standard InChI is InChI=1S/C52H99NO5/c1-3-5-7-9-11-13-15-16-17-18-19-20-21-22-23-24-26-28-32-36-40-44-50(55)49(48-54)53-51(56)45-41-37-33-29-27-31-35-39-43-47-58-52(57)46-42-38-34-30-25-14-12-10-8-6-4-2/h29,33,40,44,49-50,54-55H,3-28,30-32,34-39,41-43,45-48H2,1-2H3,(H,53,56)/b33-29-,44-40+. The van der Waals surface area contributed by atoms with Gasteiger partial charge in [-0.05, 0) is 51.4 Å². The number of ether oxygens (including phenoxy) is 1. The summed E-state index contributed by atoms with van der Waals surface area (Å²) in [4.78, 5) is 24.4. The fraction of sp³-hybridized carbons (Fsp3) is 0.885. The van der Waals surface area contributed by atoms with Crippen LogP contribution in [0.1, 0.15) is 271 Å². The molecule has 0 heterocycles. The van der Waals surface area contributed by atoms with Crippen LogP contribution < -0.4 is 5.32 Å².